The zero-order valence-electron chi connectivity index (χ0n) is 6.32. The molecule has 0 atom stereocenters. The molecule has 0 aromatic rings. The van der Waals surface area contributed by atoms with Crippen molar-refractivity contribution in [3.05, 3.63) is 11.4 Å². The molecule has 0 amide bonds. The smallest absolute Gasteiger partial charge is 0.258 e. The summed E-state index contributed by atoms with van der Waals surface area (Å²) in [5.41, 5.74) is 0. The molecule has 62 valence electrons. The molecule has 1 aliphatic rings. The van der Waals surface area contributed by atoms with Crippen LogP contribution >= 0.6 is 0 Å². The van der Waals surface area contributed by atoms with Crippen LogP contribution in [-0.4, -0.2) is 12.5 Å². The second-order valence-electron chi connectivity index (χ2n) is 3.02. The topological polar surface area (TPSA) is 4.36 Å². The Labute approximate surface area is 65.2 Å². The molecule has 0 spiro atoms. The maximum atomic E-state index is 12.9. The number of nitrogens with zero attached hydrogens (tertiary/aromatic N) is 1. The second kappa shape index (κ2) is 3.17. The Morgan fingerprint density at radius 3 is 2.45 bits per heavy atom. The van der Waals surface area contributed by atoms with Crippen LogP contribution in [0.4, 0.5) is 8.78 Å². The molecule has 1 nitrogen and oxygen atoms in total. The number of rotatable bonds is 3. The van der Waals surface area contributed by atoms with Crippen molar-refractivity contribution >= 4 is 0 Å². The Morgan fingerprint density at radius 2 is 2.09 bits per heavy atom. The predicted molar refractivity (Wildman–Crippen MR) is 38.4 cm³/mol. The van der Waals surface area contributed by atoms with E-state index in [1.54, 1.807) is 0 Å². The molecule has 0 unspecified atom stereocenters. The summed E-state index contributed by atoms with van der Waals surface area (Å²) in [6.07, 6.45) is 1.97. The number of alkyl halides is 2. The molecular formula is C8H11F2N. The van der Waals surface area contributed by atoms with Gasteiger partial charge in [-0.05, 0) is 12.8 Å². The molecule has 0 N–H and O–H groups in total. The van der Waals surface area contributed by atoms with E-state index in [1.165, 1.54) is 0 Å². The molecule has 0 heterocycles. The molecule has 3 heteroatoms. The van der Waals surface area contributed by atoms with Gasteiger partial charge in [0.1, 0.15) is 0 Å². The summed E-state index contributed by atoms with van der Waals surface area (Å²) >= 11 is 0. The SMILES string of the molecule is [C-]#[N+]CCC(F)(F)C1CCC1. The Bertz CT molecular complexity index is 167. The molecule has 0 saturated heterocycles. The van der Waals surface area contributed by atoms with Gasteiger partial charge in [-0.15, -0.1) is 0 Å². The van der Waals surface area contributed by atoms with Gasteiger partial charge in [0.2, 0.25) is 6.54 Å². The first-order valence-corrected chi connectivity index (χ1v) is 3.88. The van der Waals surface area contributed by atoms with E-state index in [0.717, 1.165) is 6.42 Å². The van der Waals surface area contributed by atoms with Crippen molar-refractivity contribution in [2.24, 2.45) is 5.92 Å². The van der Waals surface area contributed by atoms with Crippen LogP contribution in [0.25, 0.3) is 4.85 Å². The van der Waals surface area contributed by atoms with Crippen LogP contribution in [0.5, 0.6) is 0 Å². The molecule has 0 aromatic heterocycles. The maximum Gasteiger partial charge on any atom is 0.258 e. The highest BCUT2D eigenvalue weighted by Gasteiger charge is 2.42. The van der Waals surface area contributed by atoms with Crippen molar-refractivity contribution in [2.45, 2.75) is 31.6 Å². The van der Waals surface area contributed by atoms with Crippen LogP contribution in [0, 0.1) is 12.5 Å². The van der Waals surface area contributed by atoms with Crippen LogP contribution in [0.3, 0.4) is 0 Å². The summed E-state index contributed by atoms with van der Waals surface area (Å²) in [6.45, 7) is 6.35. The molecule has 1 saturated carbocycles. The summed E-state index contributed by atoms with van der Waals surface area (Å²) in [6, 6.07) is 0. The fraction of sp³-hybridized carbons (Fsp3) is 0.875. The third-order valence-corrected chi connectivity index (χ3v) is 2.26. The average Bonchev–Trinajstić information content (AvgIpc) is 1.78. The lowest BCUT2D eigenvalue weighted by Crippen LogP contribution is -2.33. The zero-order chi connectivity index (χ0) is 8.32. The number of hydrogen-bond donors (Lipinski definition) is 0. The van der Waals surface area contributed by atoms with Gasteiger partial charge in [-0.1, -0.05) is 6.42 Å². The molecule has 11 heavy (non-hydrogen) atoms. The van der Waals surface area contributed by atoms with Crippen molar-refractivity contribution in [3.63, 3.8) is 0 Å². The Morgan fingerprint density at radius 1 is 1.45 bits per heavy atom. The van der Waals surface area contributed by atoms with Crippen LogP contribution < -0.4 is 0 Å². The molecule has 1 rings (SSSR count). The Kier molecular flexibility index (Phi) is 2.43. The lowest BCUT2D eigenvalue weighted by atomic mass is 9.79. The first kappa shape index (κ1) is 8.45. The zero-order valence-corrected chi connectivity index (χ0v) is 6.32. The van der Waals surface area contributed by atoms with Crippen molar-refractivity contribution in [1.29, 1.82) is 0 Å². The largest absolute Gasteiger partial charge is 0.317 e. The minimum absolute atomic E-state index is 0.0382. The quantitative estimate of drug-likeness (QED) is 0.558. The van der Waals surface area contributed by atoms with Gasteiger partial charge in [0.05, 0.1) is 6.42 Å². The molecule has 0 aliphatic heterocycles. The summed E-state index contributed by atoms with van der Waals surface area (Å²) in [4.78, 5) is 2.93. The lowest BCUT2D eigenvalue weighted by Gasteiger charge is -2.32. The minimum Gasteiger partial charge on any atom is -0.317 e. The Balaban J connectivity index is 2.32. The van der Waals surface area contributed by atoms with Gasteiger partial charge in [0, 0.05) is 5.92 Å². The van der Waals surface area contributed by atoms with Crippen LogP contribution in [-0.2, 0) is 0 Å². The monoisotopic (exact) mass is 159 g/mol. The van der Waals surface area contributed by atoms with Gasteiger partial charge in [0.15, 0.2) is 0 Å². The standard InChI is InChI=1S/C8H11F2N/c1-11-6-5-8(9,10)7-3-2-4-7/h7H,2-6H2. The van der Waals surface area contributed by atoms with Gasteiger partial charge in [-0.25, -0.2) is 15.4 Å². The van der Waals surface area contributed by atoms with Gasteiger partial charge < -0.3 is 4.85 Å². The van der Waals surface area contributed by atoms with Gasteiger partial charge in [-0.3, -0.25) is 0 Å². The van der Waals surface area contributed by atoms with E-state index in [2.05, 4.69) is 4.85 Å². The highest BCUT2D eigenvalue weighted by atomic mass is 19.3. The van der Waals surface area contributed by atoms with E-state index in [9.17, 15) is 8.78 Å². The van der Waals surface area contributed by atoms with E-state index in [-0.39, 0.29) is 13.0 Å². The lowest BCUT2D eigenvalue weighted by molar-refractivity contribution is -0.0898. The van der Waals surface area contributed by atoms with Crippen LogP contribution in [0.15, 0.2) is 0 Å². The Hall–Kier alpha value is -0.650. The first-order chi connectivity index (χ1) is 5.17. The summed E-state index contributed by atoms with van der Waals surface area (Å²) in [5.74, 6) is -2.99. The molecule has 0 aromatic carbocycles. The highest BCUT2D eigenvalue weighted by Crippen LogP contribution is 2.41. The fourth-order valence-corrected chi connectivity index (χ4v) is 1.24. The van der Waals surface area contributed by atoms with E-state index in [4.69, 9.17) is 6.57 Å². The third kappa shape index (κ3) is 1.89. The van der Waals surface area contributed by atoms with Crippen LogP contribution in [0.2, 0.25) is 0 Å². The van der Waals surface area contributed by atoms with Gasteiger partial charge in [0.25, 0.3) is 5.92 Å². The highest BCUT2D eigenvalue weighted by molar-refractivity contribution is 4.85. The molecular weight excluding hydrogens is 148 g/mol. The minimum atomic E-state index is -2.57. The van der Waals surface area contributed by atoms with E-state index in [1.807, 2.05) is 0 Å². The van der Waals surface area contributed by atoms with E-state index < -0.39 is 11.8 Å². The summed E-state index contributed by atoms with van der Waals surface area (Å²) < 4.78 is 25.8. The summed E-state index contributed by atoms with van der Waals surface area (Å²) in [5, 5.41) is 0. The van der Waals surface area contributed by atoms with Crippen molar-refractivity contribution in [1.82, 2.24) is 0 Å². The predicted octanol–water partition coefficient (Wildman–Crippen LogP) is 2.73. The summed E-state index contributed by atoms with van der Waals surface area (Å²) in [7, 11) is 0. The van der Waals surface area contributed by atoms with Crippen LogP contribution in [0.1, 0.15) is 25.7 Å². The molecule has 1 fully saturated rings. The maximum absolute atomic E-state index is 12.9. The molecule has 0 radical (unpaired) electrons. The van der Waals surface area contributed by atoms with E-state index in [0.29, 0.717) is 12.8 Å². The second-order valence-corrected chi connectivity index (χ2v) is 3.02. The van der Waals surface area contributed by atoms with Gasteiger partial charge >= 0.3 is 0 Å². The van der Waals surface area contributed by atoms with E-state index >= 15 is 0 Å². The molecule has 1 aliphatic carbocycles. The fourth-order valence-electron chi connectivity index (χ4n) is 1.24. The van der Waals surface area contributed by atoms with Crippen molar-refractivity contribution in [2.75, 3.05) is 6.54 Å². The normalized spacial score (nSPS) is 19.0. The molecule has 0 bridgehead atoms. The average molecular weight is 159 g/mol. The first-order valence-electron chi connectivity index (χ1n) is 3.88. The third-order valence-electron chi connectivity index (χ3n) is 2.26. The van der Waals surface area contributed by atoms with Crippen molar-refractivity contribution in [3.8, 4) is 0 Å². The number of halogens is 2. The van der Waals surface area contributed by atoms with Gasteiger partial charge in [-0.2, -0.15) is 0 Å². The van der Waals surface area contributed by atoms with Crippen molar-refractivity contribution < 1.29 is 8.78 Å². The number of hydrogen-bond acceptors (Lipinski definition) is 0.